The van der Waals surface area contributed by atoms with Crippen molar-refractivity contribution in [3.05, 3.63) is 52.6 Å². The maximum Gasteiger partial charge on any atom is 0.234 e. The zero-order chi connectivity index (χ0) is 20.5. The van der Waals surface area contributed by atoms with Gasteiger partial charge in [0.2, 0.25) is 5.91 Å². The van der Waals surface area contributed by atoms with Crippen LogP contribution in [0.15, 0.2) is 30.3 Å². The molecule has 0 spiro atoms. The third-order valence-electron chi connectivity index (χ3n) is 4.42. The summed E-state index contributed by atoms with van der Waals surface area (Å²) in [5, 5.41) is 11.2. The number of rotatable bonds is 9. The van der Waals surface area contributed by atoms with Crippen molar-refractivity contribution in [1.29, 1.82) is 5.26 Å². The maximum absolute atomic E-state index is 11.4. The first-order valence-electron chi connectivity index (χ1n) is 9.09. The fourth-order valence-corrected chi connectivity index (χ4v) is 2.72. The number of aryl methyl sites for hydroxylation is 2. The van der Waals surface area contributed by atoms with Gasteiger partial charge < -0.3 is 19.5 Å². The lowest BCUT2D eigenvalue weighted by molar-refractivity contribution is -0.120. The number of nitrogens with zero attached hydrogens (tertiary/aromatic N) is 1. The van der Waals surface area contributed by atoms with Gasteiger partial charge >= 0.3 is 0 Å². The van der Waals surface area contributed by atoms with E-state index in [1.165, 1.54) is 5.56 Å². The van der Waals surface area contributed by atoms with E-state index in [-0.39, 0.29) is 12.3 Å². The van der Waals surface area contributed by atoms with Crippen LogP contribution in [0.5, 0.6) is 17.2 Å². The van der Waals surface area contributed by atoms with Crippen LogP contribution in [0.1, 0.15) is 28.7 Å². The molecule has 0 radical (unpaired) electrons. The van der Waals surface area contributed by atoms with Gasteiger partial charge in [0.1, 0.15) is 25.4 Å². The molecule has 28 heavy (non-hydrogen) atoms. The minimum Gasteiger partial charge on any atom is -0.493 e. The summed E-state index contributed by atoms with van der Waals surface area (Å²) in [6.07, 6.45) is -0.155. The topological polar surface area (TPSA) is 80.6 Å². The molecule has 2 aromatic rings. The molecule has 6 nitrogen and oxygen atoms in total. The lowest BCUT2D eigenvalue weighted by Gasteiger charge is -2.15. The van der Waals surface area contributed by atoms with E-state index in [1.54, 1.807) is 19.2 Å². The van der Waals surface area contributed by atoms with Crippen LogP contribution in [0, 0.1) is 32.1 Å². The molecule has 0 aliphatic heterocycles. The molecule has 0 aliphatic rings. The van der Waals surface area contributed by atoms with Gasteiger partial charge in [-0.05, 0) is 55.2 Å². The average molecular weight is 382 g/mol. The molecule has 6 heteroatoms. The molecule has 1 amide bonds. The maximum atomic E-state index is 11.4. The molecule has 2 rings (SSSR count). The summed E-state index contributed by atoms with van der Waals surface area (Å²) in [7, 11) is 1.57. The van der Waals surface area contributed by atoms with Gasteiger partial charge in [-0.1, -0.05) is 18.2 Å². The lowest BCUT2D eigenvalue weighted by Crippen LogP contribution is -2.21. The minimum atomic E-state index is -0.305. The van der Waals surface area contributed by atoms with Crippen LogP contribution in [-0.4, -0.2) is 26.2 Å². The second kappa shape index (κ2) is 10.2. The summed E-state index contributed by atoms with van der Waals surface area (Å²) in [6, 6.07) is 11.4. The Hall–Kier alpha value is -3.20. The second-order valence-corrected chi connectivity index (χ2v) is 6.45. The van der Waals surface area contributed by atoms with Crippen LogP contribution in [0.4, 0.5) is 0 Å². The zero-order valence-electron chi connectivity index (χ0n) is 16.8. The monoisotopic (exact) mass is 382 g/mol. The first kappa shape index (κ1) is 21.1. The second-order valence-electron chi connectivity index (χ2n) is 6.45. The Balaban J connectivity index is 1.91. The van der Waals surface area contributed by atoms with Crippen LogP contribution in [0.25, 0.3) is 0 Å². The molecule has 2 aromatic carbocycles. The summed E-state index contributed by atoms with van der Waals surface area (Å²) in [4.78, 5) is 11.4. The predicted octanol–water partition coefficient (Wildman–Crippen LogP) is 3.61. The predicted molar refractivity (Wildman–Crippen MR) is 107 cm³/mol. The van der Waals surface area contributed by atoms with Gasteiger partial charge in [-0.25, -0.2) is 0 Å². The standard InChI is InChI=1S/C22H26N2O4/c1-15-5-6-16(2)22(17(15)3)28-12-11-27-19-8-7-18(13-20(19)26-4)14-24-21(25)9-10-23/h5-8,13H,9,11-12,14H2,1-4H3,(H,24,25). The van der Waals surface area contributed by atoms with Gasteiger partial charge in [0.25, 0.3) is 0 Å². The molecule has 0 aromatic heterocycles. The van der Waals surface area contributed by atoms with E-state index in [4.69, 9.17) is 19.5 Å². The largest absolute Gasteiger partial charge is 0.493 e. The smallest absolute Gasteiger partial charge is 0.234 e. The highest BCUT2D eigenvalue weighted by atomic mass is 16.5. The summed E-state index contributed by atoms with van der Waals surface area (Å²) < 4.78 is 17.1. The molecular weight excluding hydrogens is 356 g/mol. The number of nitrogens with one attached hydrogen (secondary N) is 1. The van der Waals surface area contributed by atoms with Gasteiger partial charge in [-0.2, -0.15) is 5.26 Å². The average Bonchev–Trinajstić information content (AvgIpc) is 2.69. The SMILES string of the molecule is COc1cc(CNC(=O)CC#N)ccc1OCCOc1c(C)ccc(C)c1C. The van der Waals surface area contributed by atoms with E-state index in [9.17, 15) is 4.79 Å². The highest BCUT2D eigenvalue weighted by molar-refractivity contribution is 5.77. The number of methoxy groups -OCH3 is 1. The number of benzene rings is 2. The summed E-state index contributed by atoms with van der Waals surface area (Å²) in [6.45, 7) is 7.26. The Labute approximate surface area is 166 Å². The van der Waals surface area contributed by atoms with Gasteiger partial charge in [0.15, 0.2) is 11.5 Å². The van der Waals surface area contributed by atoms with Crippen molar-refractivity contribution in [3.63, 3.8) is 0 Å². The van der Waals surface area contributed by atoms with Gasteiger partial charge in [0.05, 0.1) is 13.2 Å². The van der Waals surface area contributed by atoms with Crippen molar-refractivity contribution < 1.29 is 19.0 Å². The number of nitriles is 1. The summed E-state index contributed by atoms with van der Waals surface area (Å²) in [5.74, 6) is 1.78. The number of ether oxygens (including phenoxy) is 3. The molecule has 1 N–H and O–H groups in total. The molecule has 0 saturated carbocycles. The van der Waals surface area contributed by atoms with E-state index in [1.807, 2.05) is 19.1 Å². The van der Waals surface area contributed by atoms with Crippen LogP contribution < -0.4 is 19.5 Å². The van der Waals surface area contributed by atoms with Crippen molar-refractivity contribution in [2.75, 3.05) is 20.3 Å². The van der Waals surface area contributed by atoms with Gasteiger partial charge in [-0.3, -0.25) is 4.79 Å². The van der Waals surface area contributed by atoms with Crippen LogP contribution in [-0.2, 0) is 11.3 Å². The highest BCUT2D eigenvalue weighted by Gasteiger charge is 2.09. The normalized spacial score (nSPS) is 10.1. The van der Waals surface area contributed by atoms with Gasteiger partial charge in [0, 0.05) is 6.54 Å². The first-order valence-corrected chi connectivity index (χ1v) is 9.09. The molecule has 0 saturated heterocycles. The first-order chi connectivity index (χ1) is 13.5. The molecule has 0 heterocycles. The van der Waals surface area contributed by atoms with E-state index < -0.39 is 0 Å². The molecule has 0 fully saturated rings. The number of amides is 1. The third-order valence-corrected chi connectivity index (χ3v) is 4.42. The Morgan fingerprint density at radius 3 is 2.46 bits per heavy atom. The molecule has 148 valence electrons. The quantitative estimate of drug-likeness (QED) is 0.670. The lowest BCUT2D eigenvalue weighted by atomic mass is 10.1. The molecule has 0 atom stereocenters. The Morgan fingerprint density at radius 1 is 1.04 bits per heavy atom. The van der Waals surface area contributed by atoms with Crippen LogP contribution >= 0.6 is 0 Å². The number of carbonyl (C=O) groups excluding carboxylic acids is 1. The summed E-state index contributed by atoms with van der Waals surface area (Å²) >= 11 is 0. The van der Waals surface area contributed by atoms with Crippen molar-refractivity contribution in [2.24, 2.45) is 0 Å². The van der Waals surface area contributed by atoms with E-state index in [0.717, 1.165) is 22.4 Å². The third kappa shape index (κ3) is 5.65. The van der Waals surface area contributed by atoms with Crippen LogP contribution in [0.3, 0.4) is 0 Å². The van der Waals surface area contributed by atoms with Crippen molar-refractivity contribution in [2.45, 2.75) is 33.7 Å². The number of hydrogen-bond acceptors (Lipinski definition) is 5. The molecule has 0 bridgehead atoms. The van der Waals surface area contributed by atoms with Gasteiger partial charge in [-0.15, -0.1) is 0 Å². The number of hydrogen-bond donors (Lipinski definition) is 1. The summed E-state index contributed by atoms with van der Waals surface area (Å²) in [5.41, 5.74) is 4.29. The van der Waals surface area contributed by atoms with Crippen LogP contribution in [0.2, 0.25) is 0 Å². The Morgan fingerprint density at radius 2 is 1.75 bits per heavy atom. The fraction of sp³-hybridized carbons (Fsp3) is 0.364. The Kier molecular flexibility index (Phi) is 7.70. The molecule has 0 aliphatic carbocycles. The van der Waals surface area contributed by atoms with E-state index in [2.05, 4.69) is 31.3 Å². The van der Waals surface area contributed by atoms with E-state index in [0.29, 0.717) is 31.3 Å². The molecule has 0 unspecified atom stereocenters. The van der Waals surface area contributed by atoms with E-state index >= 15 is 0 Å². The number of carbonyl (C=O) groups is 1. The highest BCUT2D eigenvalue weighted by Crippen LogP contribution is 2.29. The van der Waals surface area contributed by atoms with Crippen molar-refractivity contribution in [1.82, 2.24) is 5.32 Å². The Bertz CT molecular complexity index is 872. The fourth-order valence-electron chi connectivity index (χ4n) is 2.72. The minimum absolute atomic E-state index is 0.155. The zero-order valence-corrected chi connectivity index (χ0v) is 16.8. The van der Waals surface area contributed by atoms with Crippen molar-refractivity contribution in [3.8, 4) is 23.3 Å². The van der Waals surface area contributed by atoms with Crippen molar-refractivity contribution >= 4 is 5.91 Å². The molecular formula is C22H26N2O4.